The Bertz CT molecular complexity index is 789. The number of methoxy groups -OCH3 is 1. The van der Waals surface area contributed by atoms with Crippen molar-refractivity contribution in [3.05, 3.63) is 70.3 Å². The summed E-state index contributed by atoms with van der Waals surface area (Å²) in [5.41, 5.74) is 5.61. The molecule has 0 fully saturated rings. The maximum absolute atomic E-state index is 12.3. The van der Waals surface area contributed by atoms with Crippen molar-refractivity contribution in [1.82, 2.24) is 5.32 Å². The highest BCUT2D eigenvalue weighted by Crippen LogP contribution is 2.32. The third-order valence-electron chi connectivity index (χ3n) is 4.57. The lowest BCUT2D eigenvalue weighted by molar-refractivity contribution is -0.117. The zero-order valence-corrected chi connectivity index (χ0v) is 16.6. The molecule has 138 valence electrons. The molecule has 0 radical (unpaired) electrons. The number of rotatable bonds is 6. The Hall–Kier alpha value is -2.55. The van der Waals surface area contributed by atoms with Gasteiger partial charge in [0.1, 0.15) is 5.75 Å². The first-order chi connectivity index (χ1) is 12.3. The third kappa shape index (κ3) is 4.98. The average molecular weight is 351 g/mol. The van der Waals surface area contributed by atoms with E-state index in [4.69, 9.17) is 4.74 Å². The van der Waals surface area contributed by atoms with Gasteiger partial charge >= 0.3 is 0 Å². The Kier molecular flexibility index (Phi) is 6.62. The molecule has 3 nitrogen and oxygen atoms in total. The van der Waals surface area contributed by atoms with Gasteiger partial charge in [0.25, 0.3) is 0 Å². The fraction of sp³-hybridized carbons (Fsp3) is 0.348. The fourth-order valence-electron chi connectivity index (χ4n) is 3.00. The van der Waals surface area contributed by atoms with Gasteiger partial charge in [0.2, 0.25) is 5.91 Å². The molecule has 2 aromatic rings. The highest BCUT2D eigenvalue weighted by Gasteiger charge is 2.16. The van der Waals surface area contributed by atoms with Crippen molar-refractivity contribution < 1.29 is 9.53 Å². The van der Waals surface area contributed by atoms with Crippen molar-refractivity contribution in [2.45, 2.75) is 46.6 Å². The van der Waals surface area contributed by atoms with E-state index in [1.165, 1.54) is 5.56 Å². The van der Waals surface area contributed by atoms with E-state index in [-0.39, 0.29) is 11.9 Å². The number of carbonyl (C=O) groups is 1. The van der Waals surface area contributed by atoms with E-state index in [1.807, 2.05) is 51.1 Å². The second-order valence-corrected chi connectivity index (χ2v) is 7.08. The van der Waals surface area contributed by atoms with Crippen LogP contribution in [0.25, 0.3) is 6.08 Å². The summed E-state index contributed by atoms with van der Waals surface area (Å²) in [5.74, 6) is 1.16. The van der Waals surface area contributed by atoms with Crippen molar-refractivity contribution in [2.24, 2.45) is 0 Å². The van der Waals surface area contributed by atoms with Crippen LogP contribution in [-0.4, -0.2) is 13.0 Å². The molecule has 3 heteroatoms. The first-order valence-electron chi connectivity index (χ1n) is 9.05. The molecule has 2 aromatic carbocycles. The number of hydrogen-bond donors (Lipinski definition) is 1. The predicted octanol–water partition coefficient (Wildman–Crippen LogP) is 5.33. The van der Waals surface area contributed by atoms with Crippen LogP contribution in [0.1, 0.15) is 60.5 Å². The van der Waals surface area contributed by atoms with Crippen LogP contribution >= 0.6 is 0 Å². The molecule has 0 unspecified atom stereocenters. The van der Waals surface area contributed by atoms with Crippen LogP contribution in [0.5, 0.6) is 5.75 Å². The maximum Gasteiger partial charge on any atom is 0.244 e. The van der Waals surface area contributed by atoms with Gasteiger partial charge in [0.15, 0.2) is 0 Å². The van der Waals surface area contributed by atoms with E-state index in [0.717, 1.165) is 28.0 Å². The van der Waals surface area contributed by atoms with Gasteiger partial charge in [-0.05, 0) is 67.2 Å². The predicted molar refractivity (Wildman–Crippen MR) is 109 cm³/mol. The van der Waals surface area contributed by atoms with Crippen LogP contribution < -0.4 is 10.1 Å². The van der Waals surface area contributed by atoms with Gasteiger partial charge in [-0.1, -0.05) is 43.7 Å². The molecule has 1 atom stereocenters. The number of hydrogen-bond acceptors (Lipinski definition) is 2. The lowest BCUT2D eigenvalue weighted by atomic mass is 9.93. The molecule has 0 aliphatic heterocycles. The molecular weight excluding hydrogens is 322 g/mol. The number of aryl methyl sites for hydroxylation is 2. The highest BCUT2D eigenvalue weighted by molar-refractivity contribution is 5.92. The number of amides is 1. The van der Waals surface area contributed by atoms with Crippen LogP contribution in [0, 0.1) is 13.8 Å². The summed E-state index contributed by atoms with van der Waals surface area (Å²) in [6.45, 7) is 10.4. The van der Waals surface area contributed by atoms with Crippen LogP contribution in [0.4, 0.5) is 0 Å². The molecule has 0 saturated carbocycles. The van der Waals surface area contributed by atoms with E-state index in [0.29, 0.717) is 5.92 Å². The third-order valence-corrected chi connectivity index (χ3v) is 4.57. The molecule has 0 saturated heterocycles. The van der Waals surface area contributed by atoms with Crippen LogP contribution in [0.15, 0.2) is 42.5 Å². The monoisotopic (exact) mass is 351 g/mol. The molecule has 0 aromatic heterocycles. The van der Waals surface area contributed by atoms with Crippen molar-refractivity contribution in [3.63, 3.8) is 0 Å². The van der Waals surface area contributed by atoms with Gasteiger partial charge in [-0.2, -0.15) is 0 Å². The van der Waals surface area contributed by atoms with E-state index in [9.17, 15) is 4.79 Å². The highest BCUT2D eigenvalue weighted by atomic mass is 16.5. The number of benzene rings is 2. The zero-order valence-electron chi connectivity index (χ0n) is 16.6. The zero-order chi connectivity index (χ0) is 19.3. The minimum atomic E-state index is -0.0978. The summed E-state index contributed by atoms with van der Waals surface area (Å²) in [6.07, 6.45) is 3.42. The molecular formula is C23H29NO2. The number of ether oxygens (including phenoxy) is 1. The second-order valence-electron chi connectivity index (χ2n) is 7.08. The van der Waals surface area contributed by atoms with Gasteiger partial charge in [-0.3, -0.25) is 4.79 Å². The summed E-state index contributed by atoms with van der Waals surface area (Å²) in [4.78, 5) is 12.3. The molecule has 0 heterocycles. The van der Waals surface area contributed by atoms with E-state index >= 15 is 0 Å². The van der Waals surface area contributed by atoms with E-state index in [2.05, 4.69) is 31.3 Å². The van der Waals surface area contributed by atoms with Gasteiger partial charge in [-0.25, -0.2) is 0 Å². The van der Waals surface area contributed by atoms with Crippen LogP contribution in [-0.2, 0) is 4.79 Å². The van der Waals surface area contributed by atoms with Crippen LogP contribution in [0.2, 0.25) is 0 Å². The Balaban J connectivity index is 2.13. The summed E-state index contributed by atoms with van der Waals surface area (Å²) in [6, 6.07) is 12.2. The quantitative estimate of drug-likeness (QED) is 0.715. The lowest BCUT2D eigenvalue weighted by Crippen LogP contribution is -2.25. The molecule has 0 bridgehead atoms. The smallest absolute Gasteiger partial charge is 0.244 e. The Labute approximate surface area is 157 Å². The normalized spacial score (nSPS) is 12.4. The standard InChI is InChI=1S/C23H29NO2/c1-15(2)20-14-21(17(4)13-22(20)26-6)18(5)24-23(25)12-11-19-9-7-16(3)8-10-19/h7-15,18H,1-6H3,(H,24,25)/b12-11+/t18-/m0/s1. The molecule has 0 aliphatic rings. The summed E-state index contributed by atoms with van der Waals surface area (Å²) >= 11 is 0. The van der Waals surface area contributed by atoms with Crippen molar-refractivity contribution >= 4 is 12.0 Å². The second kappa shape index (κ2) is 8.70. The van der Waals surface area contributed by atoms with Crippen molar-refractivity contribution in [2.75, 3.05) is 7.11 Å². The molecule has 0 aliphatic carbocycles. The first-order valence-corrected chi connectivity index (χ1v) is 9.05. The van der Waals surface area contributed by atoms with Crippen molar-refractivity contribution in [1.29, 1.82) is 0 Å². The fourth-order valence-corrected chi connectivity index (χ4v) is 3.00. The minimum absolute atomic E-state index is 0.0754. The first kappa shape index (κ1) is 19.8. The van der Waals surface area contributed by atoms with Crippen LogP contribution in [0.3, 0.4) is 0 Å². The van der Waals surface area contributed by atoms with E-state index in [1.54, 1.807) is 13.2 Å². The molecule has 1 N–H and O–H groups in total. The lowest BCUT2D eigenvalue weighted by Gasteiger charge is -2.20. The topological polar surface area (TPSA) is 38.3 Å². The van der Waals surface area contributed by atoms with Gasteiger partial charge in [0, 0.05) is 6.08 Å². The number of carbonyl (C=O) groups excluding carboxylic acids is 1. The van der Waals surface area contributed by atoms with Crippen molar-refractivity contribution in [3.8, 4) is 5.75 Å². The summed E-state index contributed by atoms with van der Waals surface area (Å²) < 4.78 is 5.50. The van der Waals surface area contributed by atoms with E-state index < -0.39 is 0 Å². The van der Waals surface area contributed by atoms with Gasteiger partial charge in [0.05, 0.1) is 13.2 Å². The Morgan fingerprint density at radius 3 is 2.27 bits per heavy atom. The minimum Gasteiger partial charge on any atom is -0.496 e. The van der Waals surface area contributed by atoms with Gasteiger partial charge < -0.3 is 10.1 Å². The maximum atomic E-state index is 12.3. The molecule has 0 spiro atoms. The SMILES string of the molecule is COc1cc(C)c([C@H](C)NC(=O)/C=C/c2ccc(C)cc2)cc1C(C)C. The average Bonchev–Trinajstić information content (AvgIpc) is 2.60. The molecule has 26 heavy (non-hydrogen) atoms. The molecule has 2 rings (SSSR count). The largest absolute Gasteiger partial charge is 0.496 e. The summed E-state index contributed by atoms with van der Waals surface area (Å²) in [7, 11) is 1.70. The van der Waals surface area contributed by atoms with Gasteiger partial charge in [-0.15, -0.1) is 0 Å². The Morgan fingerprint density at radius 1 is 1.04 bits per heavy atom. The summed E-state index contributed by atoms with van der Waals surface area (Å²) in [5, 5.41) is 3.06. The number of nitrogens with one attached hydrogen (secondary N) is 1. The Morgan fingerprint density at radius 2 is 1.69 bits per heavy atom. The molecule has 1 amide bonds.